The SMILES string of the molecule is CCOC(=O)C1CCOc2cc(Oc3ccc(C(N)=O)cc3)c(Cl)cc21. The van der Waals surface area contributed by atoms with Gasteiger partial charge in [-0.2, -0.15) is 0 Å². The van der Waals surface area contributed by atoms with Gasteiger partial charge in [-0.25, -0.2) is 0 Å². The Morgan fingerprint density at radius 1 is 1.27 bits per heavy atom. The second-order valence-corrected chi connectivity index (χ2v) is 6.16. The van der Waals surface area contributed by atoms with Gasteiger partial charge in [0.1, 0.15) is 17.2 Å². The fourth-order valence-corrected chi connectivity index (χ4v) is 2.98. The van der Waals surface area contributed by atoms with Gasteiger partial charge in [0.2, 0.25) is 5.91 Å². The molecule has 1 atom stereocenters. The van der Waals surface area contributed by atoms with Crippen molar-refractivity contribution in [1.82, 2.24) is 0 Å². The predicted octanol–water partition coefficient (Wildman–Crippen LogP) is 3.66. The maximum absolute atomic E-state index is 12.1. The molecular formula is C19H18ClNO5. The maximum atomic E-state index is 12.1. The van der Waals surface area contributed by atoms with Crippen LogP contribution < -0.4 is 15.2 Å². The number of rotatable bonds is 5. The molecule has 26 heavy (non-hydrogen) atoms. The molecule has 0 fully saturated rings. The van der Waals surface area contributed by atoms with Crippen LogP contribution in [-0.4, -0.2) is 25.1 Å². The third kappa shape index (κ3) is 3.75. The summed E-state index contributed by atoms with van der Waals surface area (Å²) in [4.78, 5) is 23.3. The Kier molecular flexibility index (Phi) is 5.32. The molecule has 1 aliphatic heterocycles. The van der Waals surface area contributed by atoms with Gasteiger partial charge in [-0.05, 0) is 43.7 Å². The zero-order valence-corrected chi connectivity index (χ0v) is 14.9. The van der Waals surface area contributed by atoms with Crippen molar-refractivity contribution in [3.8, 4) is 17.2 Å². The van der Waals surface area contributed by atoms with E-state index in [4.69, 9.17) is 31.5 Å². The quantitative estimate of drug-likeness (QED) is 0.806. The number of carbonyl (C=O) groups excluding carboxylic acids is 2. The van der Waals surface area contributed by atoms with Crippen molar-refractivity contribution in [2.75, 3.05) is 13.2 Å². The fraction of sp³-hybridized carbons (Fsp3) is 0.263. The van der Waals surface area contributed by atoms with Crippen molar-refractivity contribution >= 4 is 23.5 Å². The summed E-state index contributed by atoms with van der Waals surface area (Å²) < 4.78 is 16.6. The number of amides is 1. The van der Waals surface area contributed by atoms with E-state index < -0.39 is 11.8 Å². The van der Waals surface area contributed by atoms with Crippen LogP contribution in [-0.2, 0) is 9.53 Å². The van der Waals surface area contributed by atoms with Gasteiger partial charge >= 0.3 is 5.97 Å². The van der Waals surface area contributed by atoms with Crippen molar-refractivity contribution in [2.45, 2.75) is 19.3 Å². The average molecular weight is 376 g/mol. The summed E-state index contributed by atoms with van der Waals surface area (Å²) in [6.07, 6.45) is 0.539. The summed E-state index contributed by atoms with van der Waals surface area (Å²) >= 11 is 6.33. The highest BCUT2D eigenvalue weighted by Crippen LogP contribution is 2.42. The molecule has 1 aliphatic rings. The van der Waals surface area contributed by atoms with Crippen molar-refractivity contribution in [1.29, 1.82) is 0 Å². The molecule has 0 saturated carbocycles. The van der Waals surface area contributed by atoms with Crippen LogP contribution in [0.15, 0.2) is 36.4 Å². The Morgan fingerprint density at radius 3 is 2.65 bits per heavy atom. The summed E-state index contributed by atoms with van der Waals surface area (Å²) in [7, 11) is 0. The minimum absolute atomic E-state index is 0.288. The number of benzene rings is 2. The summed E-state index contributed by atoms with van der Waals surface area (Å²) in [6.45, 7) is 2.50. The van der Waals surface area contributed by atoms with Crippen LogP contribution >= 0.6 is 11.6 Å². The summed E-state index contributed by atoms with van der Waals surface area (Å²) in [6, 6.07) is 9.71. The van der Waals surface area contributed by atoms with Crippen molar-refractivity contribution in [3.05, 3.63) is 52.5 Å². The summed E-state index contributed by atoms with van der Waals surface area (Å²) in [5.74, 6) is 0.226. The first-order valence-electron chi connectivity index (χ1n) is 8.20. The monoisotopic (exact) mass is 375 g/mol. The molecule has 2 aromatic rings. The molecule has 0 bridgehead atoms. The molecule has 0 aliphatic carbocycles. The number of hydrogen-bond acceptors (Lipinski definition) is 5. The Balaban J connectivity index is 1.86. The van der Waals surface area contributed by atoms with Gasteiger partial charge in [0.15, 0.2) is 0 Å². The normalized spacial score (nSPS) is 15.5. The molecule has 1 amide bonds. The summed E-state index contributed by atoms with van der Waals surface area (Å²) in [5, 5.41) is 0.350. The number of carbonyl (C=O) groups is 2. The molecule has 0 radical (unpaired) electrons. The van der Waals surface area contributed by atoms with Gasteiger partial charge in [-0.15, -0.1) is 0 Å². The molecule has 2 N–H and O–H groups in total. The van der Waals surface area contributed by atoms with Gasteiger partial charge < -0.3 is 19.9 Å². The van der Waals surface area contributed by atoms with Gasteiger partial charge in [-0.3, -0.25) is 9.59 Å². The highest BCUT2D eigenvalue weighted by atomic mass is 35.5. The Bertz CT molecular complexity index is 835. The Morgan fingerprint density at radius 2 is 2.00 bits per heavy atom. The van der Waals surface area contributed by atoms with E-state index in [1.54, 1.807) is 43.3 Å². The minimum atomic E-state index is -0.512. The highest BCUT2D eigenvalue weighted by molar-refractivity contribution is 6.32. The first-order chi connectivity index (χ1) is 12.5. The number of ether oxygens (including phenoxy) is 3. The highest BCUT2D eigenvalue weighted by Gasteiger charge is 2.30. The molecule has 3 rings (SSSR count). The van der Waals surface area contributed by atoms with E-state index in [0.29, 0.717) is 53.0 Å². The van der Waals surface area contributed by atoms with Crippen LogP contribution in [0, 0.1) is 0 Å². The number of primary amides is 1. The molecular weight excluding hydrogens is 358 g/mol. The molecule has 136 valence electrons. The van der Waals surface area contributed by atoms with Crippen LogP contribution in [0.2, 0.25) is 5.02 Å². The van der Waals surface area contributed by atoms with E-state index in [2.05, 4.69) is 0 Å². The topological polar surface area (TPSA) is 87.8 Å². The zero-order valence-electron chi connectivity index (χ0n) is 14.2. The van der Waals surface area contributed by atoms with Crippen LogP contribution in [0.25, 0.3) is 0 Å². The number of nitrogens with two attached hydrogens (primary N) is 1. The standard InChI is InChI=1S/C19H18ClNO5/c1-2-24-19(23)13-7-8-25-16-10-17(15(20)9-14(13)16)26-12-5-3-11(4-6-12)18(21)22/h3-6,9-10,13H,2,7-8H2,1H3,(H2,21,22). The van der Waals surface area contributed by atoms with Crippen LogP contribution in [0.1, 0.15) is 35.2 Å². The van der Waals surface area contributed by atoms with E-state index in [9.17, 15) is 9.59 Å². The van der Waals surface area contributed by atoms with Gasteiger partial charge in [-0.1, -0.05) is 11.6 Å². The van der Waals surface area contributed by atoms with Gasteiger partial charge in [0, 0.05) is 17.2 Å². The molecule has 2 aromatic carbocycles. The van der Waals surface area contributed by atoms with Crippen LogP contribution in [0.4, 0.5) is 0 Å². The molecule has 0 aromatic heterocycles. The maximum Gasteiger partial charge on any atom is 0.313 e. The average Bonchev–Trinajstić information content (AvgIpc) is 2.62. The zero-order chi connectivity index (χ0) is 18.7. The summed E-state index contributed by atoms with van der Waals surface area (Å²) in [5.41, 5.74) is 6.30. The number of halogens is 1. The molecule has 0 spiro atoms. The molecule has 6 nitrogen and oxygen atoms in total. The molecule has 7 heteroatoms. The largest absolute Gasteiger partial charge is 0.493 e. The Labute approximate surface area is 155 Å². The van der Waals surface area contributed by atoms with E-state index in [0.717, 1.165) is 0 Å². The second kappa shape index (κ2) is 7.66. The fourth-order valence-electron chi connectivity index (χ4n) is 2.77. The van der Waals surface area contributed by atoms with Crippen molar-refractivity contribution < 1.29 is 23.8 Å². The lowest BCUT2D eigenvalue weighted by Crippen LogP contribution is -2.23. The third-order valence-corrected chi connectivity index (χ3v) is 4.34. The molecule has 1 heterocycles. The molecule has 0 saturated heterocycles. The lowest BCUT2D eigenvalue weighted by atomic mass is 9.93. The first-order valence-corrected chi connectivity index (χ1v) is 8.58. The first kappa shape index (κ1) is 18.1. The lowest BCUT2D eigenvalue weighted by molar-refractivity contribution is -0.145. The van der Waals surface area contributed by atoms with E-state index >= 15 is 0 Å². The van der Waals surface area contributed by atoms with Crippen LogP contribution in [0.3, 0.4) is 0 Å². The van der Waals surface area contributed by atoms with E-state index in [1.165, 1.54) is 0 Å². The lowest BCUT2D eigenvalue weighted by Gasteiger charge is -2.25. The number of fused-ring (bicyclic) bond motifs is 1. The second-order valence-electron chi connectivity index (χ2n) is 5.75. The molecule has 1 unspecified atom stereocenters. The van der Waals surface area contributed by atoms with Gasteiger partial charge in [0.05, 0.1) is 24.2 Å². The van der Waals surface area contributed by atoms with Gasteiger partial charge in [0.25, 0.3) is 0 Å². The van der Waals surface area contributed by atoms with Crippen molar-refractivity contribution in [3.63, 3.8) is 0 Å². The van der Waals surface area contributed by atoms with E-state index in [-0.39, 0.29) is 5.97 Å². The number of esters is 1. The predicted molar refractivity (Wildman–Crippen MR) is 96.0 cm³/mol. The van der Waals surface area contributed by atoms with Crippen molar-refractivity contribution in [2.24, 2.45) is 5.73 Å². The smallest absolute Gasteiger partial charge is 0.313 e. The van der Waals surface area contributed by atoms with E-state index in [1.807, 2.05) is 0 Å². The Hall–Kier alpha value is -2.73. The number of hydrogen-bond donors (Lipinski definition) is 1. The van der Waals surface area contributed by atoms with Crippen LogP contribution in [0.5, 0.6) is 17.2 Å². The third-order valence-electron chi connectivity index (χ3n) is 4.04. The minimum Gasteiger partial charge on any atom is -0.493 e.